The summed E-state index contributed by atoms with van der Waals surface area (Å²) in [4.78, 5) is 33.8. The van der Waals surface area contributed by atoms with E-state index in [1.165, 1.54) is 11.1 Å². The van der Waals surface area contributed by atoms with Gasteiger partial charge in [-0.1, -0.05) is 35.3 Å². The van der Waals surface area contributed by atoms with E-state index < -0.39 is 11.9 Å². The lowest BCUT2D eigenvalue weighted by atomic mass is 9.98. The molecule has 2 aromatic heterocycles. The van der Waals surface area contributed by atoms with E-state index in [0.29, 0.717) is 26.8 Å². The van der Waals surface area contributed by atoms with Crippen LogP contribution in [0.25, 0.3) is 11.0 Å². The Morgan fingerprint density at radius 2 is 1.74 bits per heavy atom. The molecule has 0 saturated heterocycles. The van der Waals surface area contributed by atoms with Crippen molar-refractivity contribution < 1.29 is 9.21 Å². The number of nitrogens with zero attached hydrogens (tertiary/aromatic N) is 2. The average molecular weight is 469 g/mol. The molecule has 0 aliphatic carbocycles. The van der Waals surface area contributed by atoms with Gasteiger partial charge in [0.05, 0.1) is 22.0 Å². The number of rotatable bonds is 3. The fourth-order valence-corrected chi connectivity index (χ4v) is 4.49. The first-order valence-electron chi connectivity index (χ1n) is 9.33. The maximum Gasteiger partial charge on any atom is 0.296 e. The summed E-state index contributed by atoms with van der Waals surface area (Å²) in [5.41, 5.74) is 1.06. The summed E-state index contributed by atoms with van der Waals surface area (Å²) >= 11 is 13.7. The smallest absolute Gasteiger partial charge is 0.296 e. The van der Waals surface area contributed by atoms with Gasteiger partial charge in [0.25, 0.3) is 5.91 Å². The van der Waals surface area contributed by atoms with Crippen molar-refractivity contribution in [2.75, 3.05) is 11.2 Å². The summed E-state index contributed by atoms with van der Waals surface area (Å²) < 4.78 is 5.92. The molecule has 5 rings (SSSR count). The van der Waals surface area contributed by atoms with Crippen molar-refractivity contribution >= 4 is 57.7 Å². The second-order valence-corrected chi connectivity index (χ2v) is 8.75. The van der Waals surface area contributed by atoms with Crippen molar-refractivity contribution in [3.8, 4) is 0 Å². The van der Waals surface area contributed by atoms with E-state index in [9.17, 15) is 9.59 Å². The van der Waals surface area contributed by atoms with Gasteiger partial charge in [-0.15, -0.1) is 11.8 Å². The Labute approximate surface area is 191 Å². The largest absolute Gasteiger partial charge is 0.450 e. The Kier molecular flexibility index (Phi) is 5.01. The predicted octanol–water partition coefficient (Wildman–Crippen LogP) is 5.97. The van der Waals surface area contributed by atoms with Crippen LogP contribution in [0.1, 0.15) is 27.7 Å². The number of pyridine rings is 1. The highest BCUT2D eigenvalue weighted by Crippen LogP contribution is 2.41. The third kappa shape index (κ3) is 3.31. The molecular weight excluding hydrogens is 455 g/mol. The summed E-state index contributed by atoms with van der Waals surface area (Å²) in [5, 5.41) is 1.19. The molecule has 0 saturated carbocycles. The number of carbonyl (C=O) groups excluding carboxylic acids is 1. The molecule has 1 amide bonds. The van der Waals surface area contributed by atoms with Gasteiger partial charge in [0, 0.05) is 16.1 Å². The van der Waals surface area contributed by atoms with Crippen molar-refractivity contribution in [2.24, 2.45) is 0 Å². The lowest BCUT2D eigenvalue weighted by Gasteiger charge is -2.24. The molecule has 4 aromatic rings. The zero-order chi connectivity index (χ0) is 21.7. The predicted molar refractivity (Wildman–Crippen MR) is 124 cm³/mol. The van der Waals surface area contributed by atoms with Crippen LogP contribution < -0.4 is 10.3 Å². The van der Waals surface area contributed by atoms with Gasteiger partial charge < -0.3 is 4.42 Å². The molecule has 3 heterocycles. The number of thioether (sulfide) groups is 1. The third-order valence-corrected chi connectivity index (χ3v) is 6.42. The molecule has 0 bridgehead atoms. The number of benzene rings is 2. The van der Waals surface area contributed by atoms with Gasteiger partial charge in [0.2, 0.25) is 5.76 Å². The van der Waals surface area contributed by atoms with E-state index in [1.54, 1.807) is 42.1 Å². The maximum absolute atomic E-state index is 13.5. The number of aromatic nitrogens is 1. The molecule has 0 fully saturated rings. The first-order chi connectivity index (χ1) is 15.0. The van der Waals surface area contributed by atoms with Crippen LogP contribution in [-0.2, 0) is 0 Å². The van der Waals surface area contributed by atoms with Gasteiger partial charge in [-0.05, 0) is 54.3 Å². The van der Waals surface area contributed by atoms with Crippen molar-refractivity contribution in [3.63, 3.8) is 0 Å². The lowest BCUT2D eigenvalue weighted by molar-refractivity contribution is 0.0970. The first-order valence-corrected chi connectivity index (χ1v) is 11.3. The third-order valence-electron chi connectivity index (χ3n) is 5.22. The first kappa shape index (κ1) is 20.1. The molecule has 154 valence electrons. The minimum absolute atomic E-state index is 0.00974. The fraction of sp³-hybridized carbons (Fsp3) is 0.0870. The van der Waals surface area contributed by atoms with Crippen LogP contribution >= 0.6 is 35.0 Å². The molecule has 1 aliphatic rings. The van der Waals surface area contributed by atoms with Crippen LogP contribution in [0.2, 0.25) is 10.0 Å². The highest BCUT2D eigenvalue weighted by Gasteiger charge is 2.44. The van der Waals surface area contributed by atoms with Gasteiger partial charge in [0.15, 0.2) is 5.43 Å². The molecule has 0 spiro atoms. The summed E-state index contributed by atoms with van der Waals surface area (Å²) in [6.07, 6.45) is 3.45. The maximum atomic E-state index is 13.5. The molecule has 0 N–H and O–H groups in total. The average Bonchev–Trinajstić information content (AvgIpc) is 3.07. The Morgan fingerprint density at radius 1 is 1.00 bits per heavy atom. The molecule has 0 radical (unpaired) electrons. The van der Waals surface area contributed by atoms with Crippen LogP contribution in [0.3, 0.4) is 0 Å². The van der Waals surface area contributed by atoms with Gasteiger partial charge >= 0.3 is 0 Å². The van der Waals surface area contributed by atoms with Gasteiger partial charge in [-0.3, -0.25) is 14.5 Å². The van der Waals surface area contributed by atoms with Gasteiger partial charge in [-0.25, -0.2) is 4.98 Å². The summed E-state index contributed by atoms with van der Waals surface area (Å²) in [6, 6.07) is 15.1. The molecule has 1 unspecified atom stereocenters. The van der Waals surface area contributed by atoms with Crippen molar-refractivity contribution in [1.29, 1.82) is 0 Å². The molecule has 8 heteroatoms. The Hall–Kier alpha value is -2.80. The normalized spacial score (nSPS) is 15.5. The number of halogens is 2. The fourth-order valence-electron chi connectivity index (χ4n) is 3.79. The van der Waals surface area contributed by atoms with Gasteiger partial charge in [-0.2, -0.15) is 0 Å². The highest BCUT2D eigenvalue weighted by molar-refractivity contribution is 7.98. The van der Waals surface area contributed by atoms with Crippen LogP contribution in [0.15, 0.2) is 74.9 Å². The van der Waals surface area contributed by atoms with Crippen molar-refractivity contribution in [2.45, 2.75) is 10.9 Å². The zero-order valence-electron chi connectivity index (χ0n) is 16.1. The number of amides is 1. The number of hydrogen-bond donors (Lipinski definition) is 0. The SMILES string of the molecule is CSc1ccc(C2c3c(oc4ccc(Cl)cc4c3=O)C(=O)N2c2ccc(Cl)cn2)cc1. The quantitative estimate of drug-likeness (QED) is 0.346. The number of anilines is 1. The highest BCUT2D eigenvalue weighted by atomic mass is 35.5. The van der Waals surface area contributed by atoms with Crippen LogP contribution in [0.4, 0.5) is 5.82 Å². The molecule has 5 nitrogen and oxygen atoms in total. The Balaban J connectivity index is 1.79. The minimum atomic E-state index is -0.688. The second-order valence-electron chi connectivity index (χ2n) is 7.00. The summed E-state index contributed by atoms with van der Waals surface area (Å²) in [7, 11) is 0. The molecule has 2 aromatic carbocycles. The van der Waals surface area contributed by atoms with Crippen LogP contribution in [0.5, 0.6) is 0 Å². The standard InChI is InChI=1S/C23H14Cl2N2O3S/c1-31-15-6-2-12(3-7-15)20-19-21(28)16-10-13(24)4-8-17(16)30-22(19)23(29)27(20)18-9-5-14(25)11-26-18/h2-11,20H,1H3. The van der Waals surface area contributed by atoms with Crippen LogP contribution in [0, 0.1) is 0 Å². The van der Waals surface area contributed by atoms with E-state index in [4.69, 9.17) is 27.6 Å². The van der Waals surface area contributed by atoms with Crippen molar-refractivity contribution in [3.05, 3.63) is 97.9 Å². The molecular formula is C23H14Cl2N2O3S. The van der Waals surface area contributed by atoms with Crippen molar-refractivity contribution in [1.82, 2.24) is 4.98 Å². The van der Waals surface area contributed by atoms with Gasteiger partial charge in [0.1, 0.15) is 11.4 Å². The molecule has 31 heavy (non-hydrogen) atoms. The lowest BCUT2D eigenvalue weighted by Crippen LogP contribution is -2.30. The number of fused-ring (bicyclic) bond motifs is 2. The van der Waals surface area contributed by atoms with E-state index in [1.807, 2.05) is 30.5 Å². The zero-order valence-corrected chi connectivity index (χ0v) is 18.5. The number of carbonyl (C=O) groups is 1. The number of hydrogen-bond acceptors (Lipinski definition) is 5. The van der Waals surface area contributed by atoms with E-state index in [-0.39, 0.29) is 16.8 Å². The topological polar surface area (TPSA) is 63.4 Å². The Bertz CT molecular complexity index is 1390. The molecule has 1 atom stereocenters. The monoisotopic (exact) mass is 468 g/mol. The van der Waals surface area contributed by atoms with E-state index in [2.05, 4.69) is 4.98 Å². The Morgan fingerprint density at radius 3 is 2.42 bits per heavy atom. The van der Waals surface area contributed by atoms with Crippen LogP contribution in [-0.4, -0.2) is 17.1 Å². The second kappa shape index (κ2) is 7.71. The van der Waals surface area contributed by atoms with E-state index in [0.717, 1.165) is 10.5 Å². The van der Waals surface area contributed by atoms with E-state index >= 15 is 0 Å². The summed E-state index contributed by atoms with van der Waals surface area (Å²) in [5.74, 6) is -0.0468. The summed E-state index contributed by atoms with van der Waals surface area (Å²) in [6.45, 7) is 0. The minimum Gasteiger partial charge on any atom is -0.450 e. The molecule has 1 aliphatic heterocycles.